The Labute approximate surface area is 127 Å². The van der Waals surface area contributed by atoms with Crippen LogP contribution in [0.2, 0.25) is 0 Å². The number of furan rings is 1. The average Bonchev–Trinajstić information content (AvgIpc) is 2.78. The van der Waals surface area contributed by atoms with E-state index in [-0.39, 0.29) is 15.8 Å². The summed E-state index contributed by atoms with van der Waals surface area (Å²) in [7, 11) is 0. The fourth-order valence-electron chi connectivity index (χ4n) is 2.21. The number of hydrogen-bond acceptors (Lipinski definition) is 2. The van der Waals surface area contributed by atoms with E-state index in [0.29, 0.717) is 16.5 Å². The lowest BCUT2D eigenvalue weighted by Crippen LogP contribution is -2.04. The second kappa shape index (κ2) is 5.07. The molecule has 1 aromatic heterocycles. The van der Waals surface area contributed by atoms with E-state index in [4.69, 9.17) is 4.42 Å². The molecule has 3 rings (SSSR count). The third-order valence-electron chi connectivity index (χ3n) is 3.30. The summed E-state index contributed by atoms with van der Waals surface area (Å²) >= 11 is 3.04. The molecule has 0 atom stereocenters. The van der Waals surface area contributed by atoms with Gasteiger partial charge in [0.15, 0.2) is 5.76 Å². The third-order valence-corrected chi connectivity index (χ3v) is 3.91. The van der Waals surface area contributed by atoms with Crippen LogP contribution in [0.15, 0.2) is 45.3 Å². The van der Waals surface area contributed by atoms with Crippen molar-refractivity contribution in [2.45, 2.75) is 6.92 Å². The topological polar surface area (TPSA) is 30.2 Å². The van der Waals surface area contributed by atoms with Crippen LogP contribution in [-0.2, 0) is 0 Å². The first-order chi connectivity index (χ1) is 9.99. The summed E-state index contributed by atoms with van der Waals surface area (Å²) in [6, 6.07) is 8.45. The van der Waals surface area contributed by atoms with Crippen molar-refractivity contribution < 1.29 is 18.0 Å². The molecule has 0 fully saturated rings. The van der Waals surface area contributed by atoms with Crippen molar-refractivity contribution >= 4 is 32.7 Å². The fourth-order valence-corrected chi connectivity index (χ4v) is 2.58. The number of fused-ring (bicyclic) bond motifs is 1. The number of hydrogen-bond donors (Lipinski definition) is 0. The van der Waals surface area contributed by atoms with Gasteiger partial charge in [-0.15, -0.1) is 0 Å². The minimum Gasteiger partial charge on any atom is -0.452 e. The zero-order valence-corrected chi connectivity index (χ0v) is 12.5. The van der Waals surface area contributed by atoms with Crippen molar-refractivity contribution in [2.24, 2.45) is 0 Å². The molecule has 0 unspecified atom stereocenters. The van der Waals surface area contributed by atoms with Crippen LogP contribution >= 0.6 is 15.9 Å². The summed E-state index contributed by atoms with van der Waals surface area (Å²) in [4.78, 5) is 12.4. The molecule has 0 saturated carbocycles. The summed E-state index contributed by atoms with van der Waals surface area (Å²) < 4.78 is 33.0. The molecule has 21 heavy (non-hydrogen) atoms. The Morgan fingerprint density at radius 1 is 1.19 bits per heavy atom. The quantitative estimate of drug-likeness (QED) is 0.608. The Morgan fingerprint density at radius 2 is 1.95 bits per heavy atom. The largest absolute Gasteiger partial charge is 0.452 e. The van der Waals surface area contributed by atoms with E-state index in [1.54, 1.807) is 13.0 Å². The van der Waals surface area contributed by atoms with Gasteiger partial charge in [0.2, 0.25) is 5.78 Å². The number of ketones is 1. The van der Waals surface area contributed by atoms with Gasteiger partial charge < -0.3 is 4.42 Å². The first-order valence-corrected chi connectivity index (χ1v) is 6.95. The molecule has 1 heterocycles. The summed E-state index contributed by atoms with van der Waals surface area (Å²) in [5.41, 5.74) is 0.800. The smallest absolute Gasteiger partial charge is 0.231 e. The Kier molecular flexibility index (Phi) is 3.37. The van der Waals surface area contributed by atoms with Gasteiger partial charge in [0.25, 0.3) is 0 Å². The van der Waals surface area contributed by atoms with E-state index in [9.17, 15) is 13.6 Å². The molecule has 0 bridgehead atoms. The maximum atomic E-state index is 14.0. The number of carbonyl (C=O) groups is 1. The van der Waals surface area contributed by atoms with Crippen LogP contribution in [0.3, 0.4) is 0 Å². The molecule has 0 aliphatic carbocycles. The van der Waals surface area contributed by atoms with E-state index in [1.165, 1.54) is 30.3 Å². The molecule has 5 heteroatoms. The minimum absolute atomic E-state index is 0.0209. The van der Waals surface area contributed by atoms with Gasteiger partial charge in [-0.2, -0.15) is 0 Å². The normalized spacial score (nSPS) is 11.0. The average molecular weight is 351 g/mol. The third kappa shape index (κ3) is 2.27. The van der Waals surface area contributed by atoms with Crippen LogP contribution in [0.4, 0.5) is 8.78 Å². The number of aryl methyl sites for hydroxylation is 1. The van der Waals surface area contributed by atoms with Gasteiger partial charge >= 0.3 is 0 Å². The van der Waals surface area contributed by atoms with Gasteiger partial charge in [0.1, 0.15) is 17.2 Å². The fraction of sp³-hybridized carbons (Fsp3) is 0.0625. The van der Waals surface area contributed by atoms with Crippen molar-refractivity contribution in [1.29, 1.82) is 0 Å². The molecule has 2 nitrogen and oxygen atoms in total. The summed E-state index contributed by atoms with van der Waals surface area (Å²) in [6.45, 7) is 1.65. The number of halogens is 3. The van der Waals surface area contributed by atoms with Gasteiger partial charge in [-0.3, -0.25) is 4.79 Å². The standard InChI is InChI=1S/C16H9BrF2O2/c1-8-11-7-9(18)5-6-13(11)21-16(8)15(20)10-3-2-4-12(17)14(10)19/h2-7H,1H3. The van der Waals surface area contributed by atoms with E-state index < -0.39 is 17.4 Å². The van der Waals surface area contributed by atoms with Crippen LogP contribution in [0, 0.1) is 18.6 Å². The van der Waals surface area contributed by atoms with Crippen molar-refractivity contribution in [3.63, 3.8) is 0 Å². The van der Waals surface area contributed by atoms with Gasteiger partial charge in [-0.1, -0.05) is 6.07 Å². The lowest BCUT2D eigenvalue weighted by atomic mass is 10.0. The van der Waals surface area contributed by atoms with Gasteiger partial charge in [0, 0.05) is 10.9 Å². The highest BCUT2D eigenvalue weighted by atomic mass is 79.9. The zero-order chi connectivity index (χ0) is 15.1. The maximum absolute atomic E-state index is 14.0. The van der Waals surface area contributed by atoms with E-state index in [1.807, 2.05) is 0 Å². The zero-order valence-electron chi connectivity index (χ0n) is 10.9. The van der Waals surface area contributed by atoms with Gasteiger partial charge in [-0.05, 0) is 53.2 Å². The molecule has 106 valence electrons. The van der Waals surface area contributed by atoms with Gasteiger partial charge in [0.05, 0.1) is 10.0 Å². The first-order valence-electron chi connectivity index (χ1n) is 6.16. The number of benzene rings is 2. The van der Waals surface area contributed by atoms with Crippen molar-refractivity contribution in [2.75, 3.05) is 0 Å². The summed E-state index contributed by atoms with van der Waals surface area (Å²) in [5.74, 6) is -1.61. The molecular formula is C16H9BrF2O2. The molecule has 0 amide bonds. The Morgan fingerprint density at radius 3 is 2.71 bits per heavy atom. The van der Waals surface area contributed by atoms with E-state index in [2.05, 4.69) is 15.9 Å². The Bertz CT molecular complexity index is 868. The second-order valence-corrected chi connectivity index (χ2v) is 5.48. The second-order valence-electron chi connectivity index (χ2n) is 4.63. The first kappa shape index (κ1) is 13.9. The van der Waals surface area contributed by atoms with Crippen LogP contribution in [0.1, 0.15) is 21.7 Å². The number of rotatable bonds is 2. The summed E-state index contributed by atoms with van der Waals surface area (Å²) in [5, 5.41) is 0.508. The highest BCUT2D eigenvalue weighted by Crippen LogP contribution is 2.29. The highest BCUT2D eigenvalue weighted by Gasteiger charge is 2.22. The van der Waals surface area contributed by atoms with Crippen LogP contribution in [0.5, 0.6) is 0 Å². The maximum Gasteiger partial charge on any atom is 0.231 e. The number of carbonyl (C=O) groups excluding carboxylic acids is 1. The molecular weight excluding hydrogens is 342 g/mol. The molecule has 3 aromatic rings. The van der Waals surface area contributed by atoms with Crippen LogP contribution in [-0.4, -0.2) is 5.78 Å². The predicted molar refractivity (Wildman–Crippen MR) is 78.4 cm³/mol. The molecule has 2 aromatic carbocycles. The van der Waals surface area contributed by atoms with Crippen LogP contribution in [0.25, 0.3) is 11.0 Å². The SMILES string of the molecule is Cc1c(C(=O)c2cccc(Br)c2F)oc2ccc(F)cc12. The Balaban J connectivity index is 2.18. The molecule has 0 aliphatic rings. The summed E-state index contributed by atoms with van der Waals surface area (Å²) in [6.07, 6.45) is 0. The van der Waals surface area contributed by atoms with Crippen LogP contribution < -0.4 is 0 Å². The van der Waals surface area contributed by atoms with E-state index >= 15 is 0 Å². The molecule has 0 N–H and O–H groups in total. The molecule has 0 radical (unpaired) electrons. The predicted octanol–water partition coefficient (Wildman–Crippen LogP) is 5.01. The molecule has 0 aliphatic heterocycles. The Hall–Kier alpha value is -2.01. The lowest BCUT2D eigenvalue weighted by Gasteiger charge is -2.02. The van der Waals surface area contributed by atoms with E-state index in [0.717, 1.165) is 0 Å². The molecule has 0 saturated heterocycles. The van der Waals surface area contributed by atoms with Gasteiger partial charge in [-0.25, -0.2) is 8.78 Å². The van der Waals surface area contributed by atoms with Crippen molar-refractivity contribution in [3.8, 4) is 0 Å². The minimum atomic E-state index is -0.645. The lowest BCUT2D eigenvalue weighted by molar-refractivity contribution is 0.101. The highest BCUT2D eigenvalue weighted by molar-refractivity contribution is 9.10. The molecule has 0 spiro atoms. The monoisotopic (exact) mass is 350 g/mol. The van der Waals surface area contributed by atoms with Crippen molar-refractivity contribution in [3.05, 3.63) is 69.4 Å². The van der Waals surface area contributed by atoms with Crippen molar-refractivity contribution in [1.82, 2.24) is 0 Å².